The van der Waals surface area contributed by atoms with Crippen molar-refractivity contribution in [1.29, 1.82) is 0 Å². The zero-order valence-electron chi connectivity index (χ0n) is 7.57. The predicted molar refractivity (Wildman–Crippen MR) is 47.1 cm³/mol. The van der Waals surface area contributed by atoms with E-state index in [0.29, 0.717) is 5.41 Å². The number of hydrogen-bond donors (Lipinski definition) is 1. The zero-order chi connectivity index (χ0) is 8.04. The summed E-state index contributed by atoms with van der Waals surface area (Å²) in [6.45, 7) is 10.8. The monoisotopic (exact) mass is 141 g/mol. The fourth-order valence-electron chi connectivity index (χ4n) is 0.648. The van der Waals surface area contributed by atoms with E-state index in [4.69, 9.17) is 0 Å². The fraction of sp³-hybridized carbons (Fsp3) is 0.778. The number of rotatable bonds is 3. The van der Waals surface area contributed by atoms with Crippen LogP contribution >= 0.6 is 0 Å². The SMILES string of the molecule is C/C=C/CNCC(C)(C)C. The lowest BCUT2D eigenvalue weighted by atomic mass is 9.97. The Hall–Kier alpha value is -0.300. The smallest absolute Gasteiger partial charge is 0.0135 e. The van der Waals surface area contributed by atoms with Crippen LogP contribution in [0.25, 0.3) is 0 Å². The number of nitrogens with one attached hydrogen (secondary N) is 1. The summed E-state index contributed by atoms with van der Waals surface area (Å²) in [5.74, 6) is 0. The molecule has 0 radical (unpaired) electrons. The first-order valence-electron chi connectivity index (χ1n) is 3.88. The van der Waals surface area contributed by atoms with E-state index >= 15 is 0 Å². The van der Waals surface area contributed by atoms with Crippen LogP contribution < -0.4 is 5.32 Å². The quantitative estimate of drug-likeness (QED) is 0.469. The second-order valence-electron chi connectivity index (χ2n) is 3.76. The van der Waals surface area contributed by atoms with Crippen LogP contribution in [0.1, 0.15) is 27.7 Å². The van der Waals surface area contributed by atoms with E-state index < -0.39 is 0 Å². The molecule has 0 aromatic heterocycles. The fourth-order valence-corrected chi connectivity index (χ4v) is 0.648. The van der Waals surface area contributed by atoms with Gasteiger partial charge in [0.25, 0.3) is 0 Å². The highest BCUT2D eigenvalue weighted by molar-refractivity contribution is 4.80. The Morgan fingerprint density at radius 2 is 1.90 bits per heavy atom. The normalized spacial score (nSPS) is 12.8. The van der Waals surface area contributed by atoms with E-state index in [1.165, 1.54) is 0 Å². The molecule has 1 N–H and O–H groups in total. The molecule has 0 saturated carbocycles. The van der Waals surface area contributed by atoms with Crippen molar-refractivity contribution in [2.24, 2.45) is 5.41 Å². The molecule has 0 saturated heterocycles. The van der Waals surface area contributed by atoms with Gasteiger partial charge in [-0.1, -0.05) is 32.9 Å². The Morgan fingerprint density at radius 1 is 1.30 bits per heavy atom. The Bertz CT molecular complexity index is 97.8. The first kappa shape index (κ1) is 9.70. The molecule has 0 rings (SSSR count). The van der Waals surface area contributed by atoms with Crippen LogP contribution in [0.3, 0.4) is 0 Å². The van der Waals surface area contributed by atoms with Crippen molar-refractivity contribution in [2.45, 2.75) is 27.7 Å². The maximum atomic E-state index is 3.34. The number of allylic oxidation sites excluding steroid dienone is 1. The van der Waals surface area contributed by atoms with Crippen molar-refractivity contribution in [3.05, 3.63) is 12.2 Å². The van der Waals surface area contributed by atoms with Gasteiger partial charge in [-0.3, -0.25) is 0 Å². The summed E-state index contributed by atoms with van der Waals surface area (Å²) in [6, 6.07) is 0. The van der Waals surface area contributed by atoms with Gasteiger partial charge >= 0.3 is 0 Å². The van der Waals surface area contributed by atoms with Crippen LogP contribution in [-0.2, 0) is 0 Å². The molecule has 0 aliphatic heterocycles. The van der Waals surface area contributed by atoms with Gasteiger partial charge in [-0.25, -0.2) is 0 Å². The molecule has 0 aliphatic rings. The van der Waals surface area contributed by atoms with Gasteiger partial charge in [0.15, 0.2) is 0 Å². The predicted octanol–water partition coefficient (Wildman–Crippen LogP) is 2.20. The summed E-state index contributed by atoms with van der Waals surface area (Å²) in [6.07, 6.45) is 4.20. The first-order chi connectivity index (χ1) is 4.56. The topological polar surface area (TPSA) is 12.0 Å². The van der Waals surface area contributed by atoms with Gasteiger partial charge in [-0.2, -0.15) is 0 Å². The minimum atomic E-state index is 0.404. The minimum absolute atomic E-state index is 0.404. The van der Waals surface area contributed by atoms with Crippen LogP contribution in [0.15, 0.2) is 12.2 Å². The summed E-state index contributed by atoms with van der Waals surface area (Å²) >= 11 is 0. The Kier molecular flexibility index (Phi) is 4.37. The Labute approximate surface area is 64.5 Å². The van der Waals surface area contributed by atoms with E-state index in [0.717, 1.165) is 13.1 Å². The zero-order valence-corrected chi connectivity index (χ0v) is 7.57. The van der Waals surface area contributed by atoms with Crippen molar-refractivity contribution < 1.29 is 0 Å². The largest absolute Gasteiger partial charge is 0.313 e. The molecular formula is C9H19N. The molecule has 1 nitrogen and oxygen atoms in total. The van der Waals surface area contributed by atoms with Gasteiger partial charge in [-0.05, 0) is 12.3 Å². The molecule has 0 aromatic rings. The molecule has 0 bridgehead atoms. The summed E-state index contributed by atoms with van der Waals surface area (Å²) in [7, 11) is 0. The third kappa shape index (κ3) is 7.70. The second-order valence-corrected chi connectivity index (χ2v) is 3.76. The Balaban J connectivity index is 3.20. The molecule has 0 amide bonds. The molecule has 0 aliphatic carbocycles. The Morgan fingerprint density at radius 3 is 2.30 bits per heavy atom. The molecule has 0 atom stereocenters. The standard InChI is InChI=1S/C9H19N/c1-5-6-7-10-8-9(2,3)4/h5-6,10H,7-8H2,1-4H3/b6-5+. The minimum Gasteiger partial charge on any atom is -0.313 e. The van der Waals surface area contributed by atoms with E-state index in [1.807, 2.05) is 6.92 Å². The van der Waals surface area contributed by atoms with E-state index in [2.05, 4.69) is 38.2 Å². The molecular weight excluding hydrogens is 122 g/mol. The van der Waals surface area contributed by atoms with Gasteiger partial charge in [0.2, 0.25) is 0 Å². The third-order valence-electron chi connectivity index (χ3n) is 1.15. The summed E-state index contributed by atoms with van der Waals surface area (Å²) in [4.78, 5) is 0. The second kappa shape index (κ2) is 4.51. The molecule has 0 spiro atoms. The average molecular weight is 141 g/mol. The van der Waals surface area contributed by atoms with E-state index in [-0.39, 0.29) is 0 Å². The van der Waals surface area contributed by atoms with Crippen molar-refractivity contribution in [3.8, 4) is 0 Å². The molecule has 1 heteroatoms. The summed E-state index contributed by atoms with van der Waals surface area (Å²) in [5.41, 5.74) is 0.404. The van der Waals surface area contributed by atoms with Crippen LogP contribution in [-0.4, -0.2) is 13.1 Å². The molecule has 0 heterocycles. The van der Waals surface area contributed by atoms with Crippen LogP contribution in [0.5, 0.6) is 0 Å². The lowest BCUT2D eigenvalue weighted by molar-refractivity contribution is 0.388. The van der Waals surface area contributed by atoms with Crippen LogP contribution in [0, 0.1) is 5.41 Å². The molecule has 0 fully saturated rings. The molecule has 0 aromatic carbocycles. The molecule has 10 heavy (non-hydrogen) atoms. The van der Waals surface area contributed by atoms with Crippen LogP contribution in [0.4, 0.5) is 0 Å². The van der Waals surface area contributed by atoms with Gasteiger partial charge in [-0.15, -0.1) is 0 Å². The van der Waals surface area contributed by atoms with Gasteiger partial charge in [0, 0.05) is 13.1 Å². The summed E-state index contributed by atoms with van der Waals surface area (Å²) in [5, 5.41) is 3.34. The molecule has 60 valence electrons. The maximum Gasteiger partial charge on any atom is 0.0135 e. The van der Waals surface area contributed by atoms with Crippen molar-refractivity contribution in [1.82, 2.24) is 5.32 Å². The molecule has 0 unspecified atom stereocenters. The van der Waals surface area contributed by atoms with E-state index in [1.54, 1.807) is 0 Å². The van der Waals surface area contributed by atoms with Crippen molar-refractivity contribution >= 4 is 0 Å². The average Bonchev–Trinajstić information content (AvgIpc) is 1.78. The van der Waals surface area contributed by atoms with Gasteiger partial charge in [0.05, 0.1) is 0 Å². The maximum absolute atomic E-state index is 3.34. The highest BCUT2D eigenvalue weighted by Crippen LogP contribution is 2.09. The lowest BCUT2D eigenvalue weighted by Gasteiger charge is -2.17. The highest BCUT2D eigenvalue weighted by atomic mass is 14.9. The third-order valence-corrected chi connectivity index (χ3v) is 1.15. The summed E-state index contributed by atoms with van der Waals surface area (Å²) < 4.78 is 0. The van der Waals surface area contributed by atoms with Crippen molar-refractivity contribution in [2.75, 3.05) is 13.1 Å². The number of hydrogen-bond acceptors (Lipinski definition) is 1. The van der Waals surface area contributed by atoms with Gasteiger partial charge in [0.1, 0.15) is 0 Å². The lowest BCUT2D eigenvalue weighted by Crippen LogP contribution is -2.26. The van der Waals surface area contributed by atoms with E-state index in [9.17, 15) is 0 Å². The first-order valence-corrected chi connectivity index (χ1v) is 3.88. The highest BCUT2D eigenvalue weighted by Gasteiger charge is 2.07. The van der Waals surface area contributed by atoms with Crippen molar-refractivity contribution in [3.63, 3.8) is 0 Å². The van der Waals surface area contributed by atoms with Crippen LogP contribution in [0.2, 0.25) is 0 Å². The van der Waals surface area contributed by atoms with Gasteiger partial charge < -0.3 is 5.32 Å².